The summed E-state index contributed by atoms with van der Waals surface area (Å²) in [5, 5.41) is 7.79. The molecule has 7 atom stereocenters. The first-order valence-electron chi connectivity index (χ1n) is 11.9. The quantitative estimate of drug-likeness (QED) is 0.733. The number of Topliss-reactive ketones (excluding diaryl/α,β-unsaturated/α-hetero) is 2. The molecule has 5 nitrogen and oxygen atoms in total. The molecule has 0 aromatic heterocycles. The zero-order chi connectivity index (χ0) is 20.4. The predicted octanol–water partition coefficient (Wildman–Crippen LogP) is 3.76. The molecule has 0 spiro atoms. The molecule has 0 bridgehead atoms. The van der Waals surface area contributed by atoms with Crippen molar-refractivity contribution in [2.24, 2.45) is 45.6 Å². The highest BCUT2D eigenvalue weighted by molar-refractivity contribution is 5.95. The van der Waals surface area contributed by atoms with Crippen molar-refractivity contribution in [3.05, 3.63) is 0 Å². The Balaban J connectivity index is 1.43. The third kappa shape index (κ3) is 2.79. The van der Waals surface area contributed by atoms with Gasteiger partial charge in [-0.3, -0.25) is 9.59 Å². The summed E-state index contributed by atoms with van der Waals surface area (Å²) in [7, 11) is 0. The minimum Gasteiger partial charge on any atom is -0.390 e. The fourth-order valence-electron chi connectivity index (χ4n) is 7.98. The van der Waals surface area contributed by atoms with E-state index in [4.69, 9.17) is 4.84 Å². The van der Waals surface area contributed by atoms with Gasteiger partial charge in [0.05, 0.1) is 5.71 Å². The van der Waals surface area contributed by atoms with Gasteiger partial charge in [-0.2, -0.15) is 0 Å². The SMILES string of the molecule is CC[C@H]1/C(=N/OC2CNC2)CC[C@@]2(C)C1C(=O)C[C@@H]1[C@@H]2CC[C@]2(C)C(=O)CC[C@@H]12. The van der Waals surface area contributed by atoms with E-state index >= 15 is 0 Å². The van der Waals surface area contributed by atoms with Gasteiger partial charge in [0.1, 0.15) is 11.6 Å². The van der Waals surface area contributed by atoms with Crippen LogP contribution in [-0.2, 0) is 14.4 Å². The Morgan fingerprint density at radius 1 is 1.10 bits per heavy atom. The average Bonchev–Trinajstić information content (AvgIpc) is 2.96. The molecule has 5 aliphatic rings. The maximum Gasteiger partial charge on any atom is 0.152 e. The Hall–Kier alpha value is -1.23. The van der Waals surface area contributed by atoms with Crippen molar-refractivity contribution in [3.8, 4) is 0 Å². The minimum absolute atomic E-state index is 0.0463. The van der Waals surface area contributed by atoms with Gasteiger partial charge >= 0.3 is 0 Å². The molecule has 0 aromatic rings. The highest BCUT2D eigenvalue weighted by Gasteiger charge is 2.63. The molecule has 0 aromatic carbocycles. The van der Waals surface area contributed by atoms with Gasteiger partial charge in [-0.1, -0.05) is 25.9 Å². The van der Waals surface area contributed by atoms with Crippen molar-refractivity contribution in [2.45, 2.75) is 78.2 Å². The summed E-state index contributed by atoms with van der Waals surface area (Å²) in [5.74, 6) is 2.57. The molecule has 1 aliphatic heterocycles. The van der Waals surface area contributed by atoms with Gasteiger partial charge in [0.15, 0.2) is 6.10 Å². The second-order valence-electron chi connectivity index (χ2n) is 10.9. The zero-order valence-corrected chi connectivity index (χ0v) is 18.2. The maximum atomic E-state index is 13.6. The Kier molecular flexibility index (Phi) is 4.69. The van der Waals surface area contributed by atoms with E-state index < -0.39 is 0 Å². The Bertz CT molecular complexity index is 744. The van der Waals surface area contributed by atoms with Crippen LogP contribution in [-0.4, -0.2) is 36.5 Å². The Morgan fingerprint density at radius 3 is 2.59 bits per heavy atom. The normalized spacial score (nSPS) is 48.7. The molecule has 0 radical (unpaired) electrons. The number of carbonyl (C=O) groups is 2. The zero-order valence-electron chi connectivity index (χ0n) is 18.2. The van der Waals surface area contributed by atoms with Crippen LogP contribution < -0.4 is 5.32 Å². The van der Waals surface area contributed by atoms with Crippen molar-refractivity contribution in [3.63, 3.8) is 0 Å². The summed E-state index contributed by atoms with van der Waals surface area (Å²) in [5.41, 5.74) is 0.996. The van der Waals surface area contributed by atoms with Crippen molar-refractivity contribution >= 4 is 17.3 Å². The van der Waals surface area contributed by atoms with Crippen LogP contribution in [0.3, 0.4) is 0 Å². The van der Waals surface area contributed by atoms with Gasteiger partial charge < -0.3 is 10.2 Å². The molecule has 29 heavy (non-hydrogen) atoms. The molecule has 4 aliphatic carbocycles. The lowest BCUT2D eigenvalue weighted by atomic mass is 9.43. The molecule has 1 N–H and O–H groups in total. The lowest BCUT2D eigenvalue weighted by Crippen LogP contribution is -2.59. The summed E-state index contributed by atoms with van der Waals surface area (Å²) in [6.45, 7) is 8.52. The highest BCUT2D eigenvalue weighted by atomic mass is 16.6. The summed E-state index contributed by atoms with van der Waals surface area (Å²) in [6, 6.07) is 0. The van der Waals surface area contributed by atoms with E-state index in [2.05, 4.69) is 31.2 Å². The van der Waals surface area contributed by atoms with E-state index in [1.165, 1.54) is 0 Å². The molecule has 1 unspecified atom stereocenters. The lowest BCUT2D eigenvalue weighted by molar-refractivity contribution is -0.156. The van der Waals surface area contributed by atoms with Gasteiger partial charge in [0.25, 0.3) is 0 Å². The van der Waals surface area contributed by atoms with Crippen LogP contribution >= 0.6 is 0 Å². The molecule has 5 fully saturated rings. The number of oxime groups is 1. The number of fused-ring (bicyclic) bond motifs is 5. The monoisotopic (exact) mass is 400 g/mol. The van der Waals surface area contributed by atoms with Crippen molar-refractivity contribution in [2.75, 3.05) is 13.1 Å². The fourth-order valence-corrected chi connectivity index (χ4v) is 7.98. The first kappa shape index (κ1) is 19.7. The molecule has 5 rings (SSSR count). The number of rotatable bonds is 3. The first-order chi connectivity index (χ1) is 13.9. The number of hydrogen-bond donors (Lipinski definition) is 1. The van der Waals surface area contributed by atoms with E-state index in [9.17, 15) is 9.59 Å². The van der Waals surface area contributed by atoms with Crippen molar-refractivity contribution < 1.29 is 14.4 Å². The van der Waals surface area contributed by atoms with Crippen LogP contribution in [0.4, 0.5) is 0 Å². The number of nitrogens with zero attached hydrogens (tertiary/aromatic N) is 1. The van der Waals surface area contributed by atoms with Crippen LogP contribution in [0.5, 0.6) is 0 Å². The lowest BCUT2D eigenvalue weighted by Gasteiger charge is -2.60. The molecule has 160 valence electrons. The number of carbonyl (C=O) groups excluding carboxylic acids is 2. The third-order valence-electron chi connectivity index (χ3n) is 9.74. The summed E-state index contributed by atoms with van der Waals surface area (Å²) in [6.07, 6.45) is 7.64. The summed E-state index contributed by atoms with van der Waals surface area (Å²) < 4.78 is 0. The molecule has 0 amide bonds. The van der Waals surface area contributed by atoms with E-state index in [-0.39, 0.29) is 28.8 Å². The minimum atomic E-state index is -0.166. The summed E-state index contributed by atoms with van der Waals surface area (Å²) >= 11 is 0. The highest BCUT2D eigenvalue weighted by Crippen LogP contribution is 2.65. The predicted molar refractivity (Wildman–Crippen MR) is 111 cm³/mol. The number of nitrogens with one attached hydrogen (secondary N) is 1. The van der Waals surface area contributed by atoms with Gasteiger partial charge in [-0.05, 0) is 61.7 Å². The van der Waals surface area contributed by atoms with E-state index in [1.807, 2.05) is 0 Å². The maximum absolute atomic E-state index is 13.6. The van der Waals surface area contributed by atoms with Gasteiger partial charge in [-0.25, -0.2) is 0 Å². The van der Waals surface area contributed by atoms with Gasteiger partial charge in [0, 0.05) is 43.2 Å². The topological polar surface area (TPSA) is 67.8 Å². The Labute approximate surface area is 174 Å². The molecule has 1 saturated heterocycles. The van der Waals surface area contributed by atoms with Crippen LogP contribution in [0.2, 0.25) is 0 Å². The molecule has 4 saturated carbocycles. The molecular formula is C24H36N2O3. The van der Waals surface area contributed by atoms with E-state index in [0.717, 1.165) is 63.7 Å². The number of ketones is 2. The van der Waals surface area contributed by atoms with Gasteiger partial charge in [-0.15, -0.1) is 0 Å². The van der Waals surface area contributed by atoms with E-state index in [0.29, 0.717) is 35.7 Å². The standard InChI is InChI=1S/C24H36N2O3/c1-4-15-19(26-29-14-12-25-13-14)8-10-24(3)18-7-9-23(2)17(5-6-21(23)28)16(18)11-20(27)22(15)24/h14-18,22,25H,4-13H2,1-3H3/b26-19+/t15-,16-,17-,18-,22?,23-,24+/m0/s1. The van der Waals surface area contributed by atoms with Crippen LogP contribution in [0.15, 0.2) is 5.16 Å². The molecule has 5 heteroatoms. The van der Waals surface area contributed by atoms with Crippen LogP contribution in [0.1, 0.15) is 72.1 Å². The first-order valence-corrected chi connectivity index (χ1v) is 11.9. The van der Waals surface area contributed by atoms with Crippen molar-refractivity contribution in [1.29, 1.82) is 0 Å². The van der Waals surface area contributed by atoms with Crippen LogP contribution in [0.25, 0.3) is 0 Å². The number of hydrogen-bond acceptors (Lipinski definition) is 5. The average molecular weight is 401 g/mol. The molecular weight excluding hydrogens is 364 g/mol. The smallest absolute Gasteiger partial charge is 0.152 e. The summed E-state index contributed by atoms with van der Waals surface area (Å²) in [4.78, 5) is 32.0. The molecule has 1 heterocycles. The second-order valence-corrected chi connectivity index (χ2v) is 10.9. The second kappa shape index (κ2) is 6.90. The fraction of sp³-hybridized carbons (Fsp3) is 0.875. The third-order valence-corrected chi connectivity index (χ3v) is 9.74. The van der Waals surface area contributed by atoms with E-state index in [1.54, 1.807) is 0 Å². The van der Waals surface area contributed by atoms with Crippen molar-refractivity contribution in [1.82, 2.24) is 5.32 Å². The van der Waals surface area contributed by atoms with Gasteiger partial charge in [0.2, 0.25) is 0 Å². The van der Waals surface area contributed by atoms with Crippen LogP contribution in [0, 0.1) is 40.4 Å². The Morgan fingerprint density at radius 2 is 1.90 bits per heavy atom. The largest absolute Gasteiger partial charge is 0.390 e.